The number of aryl methyl sites for hydroxylation is 2. The van der Waals surface area contributed by atoms with E-state index in [1.807, 2.05) is 63.2 Å². The topological polar surface area (TPSA) is 57.8 Å². The molecule has 29 heavy (non-hydrogen) atoms. The van der Waals surface area contributed by atoms with Crippen molar-refractivity contribution in [2.45, 2.75) is 20.8 Å². The highest BCUT2D eigenvalue weighted by Gasteiger charge is 2.15. The third kappa shape index (κ3) is 4.45. The molecule has 0 aliphatic carbocycles. The predicted octanol–water partition coefficient (Wildman–Crippen LogP) is 6.36. The van der Waals surface area contributed by atoms with E-state index in [-0.39, 0.29) is 5.57 Å². The highest BCUT2D eigenvalue weighted by molar-refractivity contribution is 9.10. The number of halogens is 2. The van der Waals surface area contributed by atoms with E-state index in [1.165, 1.54) is 0 Å². The molecule has 3 aromatic rings. The van der Waals surface area contributed by atoms with Gasteiger partial charge in [-0.05, 0) is 84.2 Å². The van der Waals surface area contributed by atoms with Crippen molar-refractivity contribution in [1.29, 1.82) is 5.26 Å². The summed E-state index contributed by atoms with van der Waals surface area (Å²) in [5, 5.41) is 12.8. The second kappa shape index (κ2) is 8.69. The normalized spacial score (nSPS) is 11.2. The van der Waals surface area contributed by atoms with E-state index in [9.17, 15) is 10.1 Å². The van der Waals surface area contributed by atoms with Gasteiger partial charge in [-0.2, -0.15) is 5.26 Å². The van der Waals surface area contributed by atoms with Crippen molar-refractivity contribution in [3.63, 3.8) is 0 Å². The number of benzene rings is 2. The van der Waals surface area contributed by atoms with Crippen LogP contribution in [0.4, 0.5) is 5.69 Å². The number of rotatable bonds is 4. The number of nitrogens with zero attached hydrogens (tertiary/aromatic N) is 2. The van der Waals surface area contributed by atoms with Crippen LogP contribution in [0.1, 0.15) is 22.5 Å². The molecule has 1 aromatic heterocycles. The molecule has 0 unspecified atom stereocenters. The Kier molecular flexibility index (Phi) is 6.26. The first kappa shape index (κ1) is 20.9. The number of anilines is 1. The van der Waals surface area contributed by atoms with E-state index < -0.39 is 5.91 Å². The summed E-state index contributed by atoms with van der Waals surface area (Å²) in [6.07, 6.45) is 1.61. The van der Waals surface area contributed by atoms with Gasteiger partial charge in [-0.3, -0.25) is 4.79 Å². The largest absolute Gasteiger partial charge is 0.321 e. The molecule has 0 radical (unpaired) electrons. The van der Waals surface area contributed by atoms with Crippen LogP contribution in [0.15, 0.2) is 58.6 Å². The Morgan fingerprint density at radius 3 is 2.55 bits per heavy atom. The maximum absolute atomic E-state index is 12.6. The number of para-hydroxylation sites is 1. The van der Waals surface area contributed by atoms with Gasteiger partial charge in [0.15, 0.2) is 0 Å². The summed E-state index contributed by atoms with van der Waals surface area (Å²) < 4.78 is 3.05. The van der Waals surface area contributed by atoms with Crippen molar-refractivity contribution in [2.75, 3.05) is 5.32 Å². The zero-order valence-electron chi connectivity index (χ0n) is 16.3. The summed E-state index contributed by atoms with van der Waals surface area (Å²) in [5.41, 5.74) is 5.24. The molecule has 0 bridgehead atoms. The molecule has 2 aromatic carbocycles. The summed E-state index contributed by atoms with van der Waals surface area (Å²) in [7, 11) is 0. The van der Waals surface area contributed by atoms with E-state index in [0.717, 1.165) is 32.7 Å². The second-order valence-corrected chi connectivity index (χ2v) is 7.96. The summed E-state index contributed by atoms with van der Waals surface area (Å²) in [5.74, 6) is -0.474. The number of carbonyl (C=O) groups is 1. The van der Waals surface area contributed by atoms with Gasteiger partial charge in [-0.15, -0.1) is 0 Å². The Hall–Kier alpha value is -2.81. The highest BCUT2D eigenvalue weighted by Crippen LogP contribution is 2.28. The minimum absolute atomic E-state index is 0.0223. The van der Waals surface area contributed by atoms with Gasteiger partial charge in [0.25, 0.3) is 5.91 Å². The Bertz CT molecular complexity index is 1170. The van der Waals surface area contributed by atoms with Crippen LogP contribution in [0.25, 0.3) is 11.8 Å². The quantitative estimate of drug-likeness (QED) is 0.357. The smallest absolute Gasteiger partial charge is 0.266 e. The minimum atomic E-state index is -0.474. The fourth-order valence-corrected chi connectivity index (χ4v) is 3.75. The Labute approximate surface area is 183 Å². The Balaban J connectivity index is 1.94. The number of carbonyl (C=O) groups excluding carboxylic acids is 1. The fraction of sp³-hybridized carbons (Fsp3) is 0.130. The van der Waals surface area contributed by atoms with Gasteiger partial charge in [0.05, 0.1) is 5.69 Å². The molecule has 1 amide bonds. The molecule has 0 saturated heterocycles. The molecule has 3 rings (SSSR count). The molecule has 0 spiro atoms. The molecule has 0 fully saturated rings. The summed E-state index contributed by atoms with van der Waals surface area (Å²) in [6.45, 7) is 5.84. The highest BCUT2D eigenvalue weighted by atomic mass is 79.9. The molecule has 4 nitrogen and oxygen atoms in total. The lowest BCUT2D eigenvalue weighted by Crippen LogP contribution is -2.13. The van der Waals surface area contributed by atoms with E-state index >= 15 is 0 Å². The van der Waals surface area contributed by atoms with E-state index in [0.29, 0.717) is 10.7 Å². The summed E-state index contributed by atoms with van der Waals surface area (Å²) in [4.78, 5) is 12.6. The van der Waals surface area contributed by atoms with Crippen LogP contribution in [0, 0.1) is 32.1 Å². The van der Waals surface area contributed by atoms with Crippen LogP contribution < -0.4 is 5.32 Å². The SMILES string of the molecule is Cc1ccc(NC(=O)/C(C#N)=C\c2cc(C)n(-c3ccccc3Br)c2C)cc1Cl. The summed E-state index contributed by atoms with van der Waals surface area (Å²) >= 11 is 9.70. The molecule has 1 N–H and O–H groups in total. The van der Waals surface area contributed by atoms with Gasteiger partial charge >= 0.3 is 0 Å². The molecule has 6 heteroatoms. The van der Waals surface area contributed by atoms with Gasteiger partial charge in [-0.25, -0.2) is 0 Å². The average Bonchev–Trinajstić information content (AvgIpc) is 2.96. The third-order valence-corrected chi connectivity index (χ3v) is 5.74. The van der Waals surface area contributed by atoms with Crippen LogP contribution in [0.3, 0.4) is 0 Å². The minimum Gasteiger partial charge on any atom is -0.321 e. The van der Waals surface area contributed by atoms with E-state index in [1.54, 1.807) is 18.2 Å². The number of aromatic nitrogens is 1. The molecular formula is C23H19BrClN3O. The molecule has 0 atom stereocenters. The number of nitrogens with one attached hydrogen (secondary N) is 1. The van der Waals surface area contributed by atoms with Gasteiger partial charge < -0.3 is 9.88 Å². The van der Waals surface area contributed by atoms with Gasteiger partial charge in [0.1, 0.15) is 11.6 Å². The van der Waals surface area contributed by atoms with Crippen LogP contribution in [0.2, 0.25) is 5.02 Å². The lowest BCUT2D eigenvalue weighted by Gasteiger charge is -2.11. The van der Waals surface area contributed by atoms with E-state index in [4.69, 9.17) is 11.6 Å². The second-order valence-electron chi connectivity index (χ2n) is 6.70. The molecule has 0 saturated carbocycles. The lowest BCUT2D eigenvalue weighted by atomic mass is 10.1. The van der Waals surface area contributed by atoms with Crippen molar-refractivity contribution in [2.24, 2.45) is 0 Å². The first-order valence-electron chi connectivity index (χ1n) is 8.95. The first-order valence-corrected chi connectivity index (χ1v) is 10.1. The zero-order valence-corrected chi connectivity index (χ0v) is 18.6. The maximum Gasteiger partial charge on any atom is 0.266 e. The number of amides is 1. The van der Waals surface area contributed by atoms with Crippen LogP contribution >= 0.6 is 27.5 Å². The summed E-state index contributed by atoms with van der Waals surface area (Å²) in [6, 6.07) is 17.1. The fourth-order valence-electron chi connectivity index (χ4n) is 3.11. The van der Waals surface area contributed by atoms with Crippen molar-refractivity contribution < 1.29 is 4.79 Å². The maximum atomic E-state index is 12.6. The van der Waals surface area contributed by atoms with Crippen LogP contribution in [0.5, 0.6) is 0 Å². The molecule has 0 aliphatic heterocycles. The number of hydrogen-bond acceptors (Lipinski definition) is 2. The molecule has 146 valence electrons. The molecular weight excluding hydrogens is 450 g/mol. The predicted molar refractivity (Wildman–Crippen MR) is 121 cm³/mol. The average molecular weight is 469 g/mol. The molecule has 1 heterocycles. The van der Waals surface area contributed by atoms with Crippen LogP contribution in [-0.2, 0) is 4.79 Å². The van der Waals surface area contributed by atoms with E-state index in [2.05, 4.69) is 25.8 Å². The number of nitriles is 1. The van der Waals surface area contributed by atoms with Gasteiger partial charge in [-0.1, -0.05) is 29.8 Å². The van der Waals surface area contributed by atoms with Crippen molar-refractivity contribution in [1.82, 2.24) is 4.57 Å². The van der Waals surface area contributed by atoms with Gasteiger partial charge in [0.2, 0.25) is 0 Å². The molecule has 0 aliphatic rings. The standard InChI is InChI=1S/C23H19BrClN3O/c1-14-8-9-19(12-21(14)25)27-23(29)18(13-26)11-17-10-15(2)28(16(17)3)22-7-5-4-6-20(22)24/h4-12H,1-3H3,(H,27,29)/b18-11-. The van der Waals surface area contributed by atoms with Crippen LogP contribution in [-0.4, -0.2) is 10.5 Å². The van der Waals surface area contributed by atoms with Crippen molar-refractivity contribution in [3.05, 3.63) is 86.1 Å². The first-order chi connectivity index (χ1) is 13.8. The third-order valence-electron chi connectivity index (χ3n) is 4.66. The zero-order chi connectivity index (χ0) is 21.1. The van der Waals surface area contributed by atoms with Gasteiger partial charge in [0, 0.05) is 26.6 Å². The lowest BCUT2D eigenvalue weighted by molar-refractivity contribution is -0.112. The Morgan fingerprint density at radius 2 is 1.90 bits per heavy atom. The monoisotopic (exact) mass is 467 g/mol. The van der Waals surface area contributed by atoms with Crippen molar-refractivity contribution in [3.8, 4) is 11.8 Å². The Morgan fingerprint density at radius 1 is 1.17 bits per heavy atom. The van der Waals surface area contributed by atoms with Crippen molar-refractivity contribution >= 4 is 45.2 Å². The number of hydrogen-bond donors (Lipinski definition) is 1.